The van der Waals surface area contributed by atoms with Crippen molar-refractivity contribution in [3.63, 3.8) is 0 Å². The third kappa shape index (κ3) is 6.27. The van der Waals surface area contributed by atoms with Crippen LogP contribution in [0.4, 0.5) is 5.69 Å². The highest BCUT2D eigenvalue weighted by Gasteiger charge is 2.29. The van der Waals surface area contributed by atoms with E-state index < -0.39 is 0 Å². The predicted molar refractivity (Wildman–Crippen MR) is 128 cm³/mol. The minimum atomic E-state index is -0.247. The Morgan fingerprint density at radius 1 is 1.15 bits per heavy atom. The lowest BCUT2D eigenvalue weighted by Gasteiger charge is -2.35. The molecule has 0 radical (unpaired) electrons. The molecule has 9 nitrogen and oxygen atoms in total. The number of amides is 3. The number of carbonyl (C=O) groups excluding carboxylic acids is 3. The molecule has 9 heteroatoms. The molecule has 0 bridgehead atoms. The summed E-state index contributed by atoms with van der Waals surface area (Å²) < 4.78 is 17.1. The molecule has 2 aliphatic rings. The lowest BCUT2D eigenvalue weighted by atomic mass is 9.99. The first kappa shape index (κ1) is 26.0. The van der Waals surface area contributed by atoms with Gasteiger partial charge in [0.25, 0.3) is 5.91 Å². The average Bonchev–Trinajstić information content (AvgIpc) is 2.83. The quantitative estimate of drug-likeness (QED) is 0.721. The van der Waals surface area contributed by atoms with Gasteiger partial charge in [-0.1, -0.05) is 6.92 Å². The minimum Gasteiger partial charge on any atom is -0.491 e. The van der Waals surface area contributed by atoms with E-state index in [0.717, 1.165) is 0 Å². The van der Waals surface area contributed by atoms with Crippen molar-refractivity contribution in [2.45, 2.75) is 45.8 Å². The maximum absolute atomic E-state index is 13.4. The molecule has 3 atom stereocenters. The van der Waals surface area contributed by atoms with Gasteiger partial charge in [0.15, 0.2) is 0 Å². The monoisotopic (exact) mass is 475 g/mol. The average molecular weight is 476 g/mol. The highest BCUT2D eigenvalue weighted by atomic mass is 16.5. The summed E-state index contributed by atoms with van der Waals surface area (Å²) in [7, 11) is 3.34. The Kier molecular flexibility index (Phi) is 8.90. The van der Waals surface area contributed by atoms with Gasteiger partial charge in [0.1, 0.15) is 12.4 Å². The first-order valence-corrected chi connectivity index (χ1v) is 11.9. The molecule has 2 heterocycles. The van der Waals surface area contributed by atoms with Crippen LogP contribution < -0.4 is 10.1 Å². The lowest BCUT2D eigenvalue weighted by molar-refractivity contribution is -0.133. The van der Waals surface area contributed by atoms with Gasteiger partial charge in [-0.2, -0.15) is 0 Å². The molecule has 1 aromatic carbocycles. The van der Waals surface area contributed by atoms with E-state index in [2.05, 4.69) is 5.32 Å². The fraction of sp³-hybridized carbons (Fsp3) is 0.640. The van der Waals surface area contributed by atoms with Crippen molar-refractivity contribution in [3.8, 4) is 5.75 Å². The third-order valence-electron chi connectivity index (χ3n) is 6.71. The van der Waals surface area contributed by atoms with Crippen molar-refractivity contribution in [2.75, 3.05) is 52.4 Å². The van der Waals surface area contributed by atoms with Gasteiger partial charge < -0.3 is 29.3 Å². The summed E-state index contributed by atoms with van der Waals surface area (Å²) in [4.78, 5) is 41.8. The fourth-order valence-corrected chi connectivity index (χ4v) is 4.50. The molecule has 1 saturated heterocycles. The smallest absolute Gasteiger partial charge is 0.257 e. The van der Waals surface area contributed by atoms with Gasteiger partial charge in [-0.05, 0) is 38.0 Å². The Morgan fingerprint density at radius 3 is 2.50 bits per heavy atom. The zero-order valence-corrected chi connectivity index (χ0v) is 20.8. The molecule has 0 aromatic heterocycles. The van der Waals surface area contributed by atoms with E-state index in [-0.39, 0.29) is 48.3 Å². The van der Waals surface area contributed by atoms with Gasteiger partial charge in [0.05, 0.1) is 17.7 Å². The summed E-state index contributed by atoms with van der Waals surface area (Å²) >= 11 is 0. The van der Waals surface area contributed by atoms with Crippen LogP contribution in [-0.2, 0) is 19.1 Å². The summed E-state index contributed by atoms with van der Waals surface area (Å²) in [5.74, 6) is -0.00736. The summed E-state index contributed by atoms with van der Waals surface area (Å²) in [6.07, 6.45) is 1.12. The predicted octanol–water partition coefficient (Wildman–Crippen LogP) is 2.40. The van der Waals surface area contributed by atoms with Crippen molar-refractivity contribution in [3.05, 3.63) is 23.8 Å². The van der Waals surface area contributed by atoms with E-state index in [1.807, 2.05) is 13.8 Å². The largest absolute Gasteiger partial charge is 0.491 e. The summed E-state index contributed by atoms with van der Waals surface area (Å²) in [6, 6.07) is 4.91. The van der Waals surface area contributed by atoms with E-state index in [0.29, 0.717) is 56.1 Å². The molecule has 3 rings (SSSR count). The number of fused-ring (bicyclic) bond motifs is 1. The van der Waals surface area contributed by atoms with Crippen LogP contribution in [0.25, 0.3) is 0 Å². The zero-order chi connectivity index (χ0) is 24.8. The van der Waals surface area contributed by atoms with Gasteiger partial charge in [-0.3, -0.25) is 14.4 Å². The number of nitrogens with zero attached hydrogens (tertiary/aromatic N) is 2. The van der Waals surface area contributed by atoms with Gasteiger partial charge in [0, 0.05) is 64.9 Å². The number of methoxy groups -OCH3 is 1. The molecule has 0 aliphatic carbocycles. The number of benzene rings is 1. The van der Waals surface area contributed by atoms with Crippen molar-refractivity contribution in [2.24, 2.45) is 11.8 Å². The van der Waals surface area contributed by atoms with Gasteiger partial charge >= 0.3 is 0 Å². The maximum atomic E-state index is 13.4. The molecule has 3 amide bonds. The van der Waals surface area contributed by atoms with Crippen LogP contribution in [0.1, 0.15) is 44.0 Å². The lowest BCUT2D eigenvalue weighted by Crippen LogP contribution is -2.48. The molecule has 2 aliphatic heterocycles. The number of likely N-dealkylation sites (N-methyl/N-ethyl adjacent to an activating group) is 1. The Hall–Kier alpha value is -2.65. The molecule has 188 valence electrons. The van der Waals surface area contributed by atoms with Crippen LogP contribution in [-0.4, -0.2) is 86.7 Å². The second-order valence-electron chi connectivity index (χ2n) is 9.36. The van der Waals surface area contributed by atoms with Crippen molar-refractivity contribution < 1.29 is 28.6 Å². The molecule has 0 saturated carbocycles. The fourth-order valence-electron chi connectivity index (χ4n) is 4.50. The molecular formula is C25H37N3O6. The van der Waals surface area contributed by atoms with Crippen molar-refractivity contribution >= 4 is 23.4 Å². The Bertz CT molecular complexity index is 885. The highest BCUT2D eigenvalue weighted by molar-refractivity contribution is 5.99. The molecular weight excluding hydrogens is 438 g/mol. The number of carbonyl (C=O) groups is 3. The van der Waals surface area contributed by atoms with Crippen LogP contribution >= 0.6 is 0 Å². The van der Waals surface area contributed by atoms with Crippen molar-refractivity contribution in [1.29, 1.82) is 0 Å². The standard InChI is InChI=1S/C25H37N3O6/c1-16-13-28(18(3)29)17(2)15-34-22-7-6-20(26-24(30)19-8-10-33-11-9-19)12-21(22)25(31)27(4)14-23(16)32-5/h6-7,12,16-17,19,23H,8-11,13-15H2,1-5H3,(H,26,30)/t16-,17+,23-/m0/s1. The number of ether oxygens (including phenoxy) is 3. The SMILES string of the molecule is CO[C@H]1CN(C)C(=O)c2cc(NC(=O)C3CCOCC3)ccc2OC[C@@H](C)N(C(C)=O)C[C@@H]1C. The number of hydrogen-bond acceptors (Lipinski definition) is 6. The minimum absolute atomic E-state index is 0.00981. The highest BCUT2D eigenvalue weighted by Crippen LogP contribution is 2.27. The topological polar surface area (TPSA) is 97.4 Å². The number of hydrogen-bond donors (Lipinski definition) is 1. The molecule has 0 spiro atoms. The summed E-state index contributed by atoms with van der Waals surface area (Å²) in [5, 5.41) is 2.94. The van der Waals surface area contributed by atoms with Crippen LogP contribution in [0.2, 0.25) is 0 Å². The van der Waals surface area contributed by atoms with E-state index >= 15 is 0 Å². The van der Waals surface area contributed by atoms with E-state index in [9.17, 15) is 14.4 Å². The first-order valence-electron chi connectivity index (χ1n) is 11.9. The van der Waals surface area contributed by atoms with Crippen molar-refractivity contribution in [1.82, 2.24) is 9.80 Å². The Morgan fingerprint density at radius 2 is 1.85 bits per heavy atom. The molecule has 1 fully saturated rings. The van der Waals surface area contributed by atoms with Gasteiger partial charge in [-0.25, -0.2) is 0 Å². The maximum Gasteiger partial charge on any atom is 0.257 e. The summed E-state index contributed by atoms with van der Waals surface area (Å²) in [6.45, 7) is 7.74. The normalized spacial score (nSPS) is 25.0. The van der Waals surface area contributed by atoms with Gasteiger partial charge in [0.2, 0.25) is 11.8 Å². The molecule has 34 heavy (non-hydrogen) atoms. The third-order valence-corrected chi connectivity index (χ3v) is 6.71. The van der Waals surface area contributed by atoms with Crippen LogP contribution in [0.15, 0.2) is 18.2 Å². The van der Waals surface area contributed by atoms with Crippen LogP contribution in [0.3, 0.4) is 0 Å². The first-order chi connectivity index (χ1) is 16.2. The van der Waals surface area contributed by atoms with Crippen LogP contribution in [0.5, 0.6) is 5.75 Å². The Labute approximate surface area is 201 Å². The molecule has 0 unspecified atom stereocenters. The van der Waals surface area contributed by atoms with E-state index in [4.69, 9.17) is 14.2 Å². The summed E-state index contributed by atoms with van der Waals surface area (Å²) in [5.41, 5.74) is 0.902. The zero-order valence-electron chi connectivity index (χ0n) is 20.8. The van der Waals surface area contributed by atoms with E-state index in [1.165, 1.54) is 0 Å². The number of rotatable bonds is 3. The molecule has 1 aromatic rings. The Balaban J connectivity index is 1.89. The van der Waals surface area contributed by atoms with Crippen LogP contribution in [0, 0.1) is 11.8 Å². The van der Waals surface area contributed by atoms with Gasteiger partial charge in [-0.15, -0.1) is 0 Å². The molecule has 1 N–H and O–H groups in total. The second kappa shape index (κ2) is 11.7. The second-order valence-corrected chi connectivity index (χ2v) is 9.36. The number of anilines is 1. The van der Waals surface area contributed by atoms with E-state index in [1.54, 1.807) is 49.1 Å². The number of nitrogens with one attached hydrogen (secondary N) is 1.